The van der Waals surface area contributed by atoms with Crippen molar-refractivity contribution in [3.63, 3.8) is 0 Å². The minimum absolute atomic E-state index is 0.566. The van der Waals surface area contributed by atoms with Crippen molar-refractivity contribution in [2.75, 3.05) is 0 Å². The second kappa shape index (κ2) is 2.61. The first-order valence-corrected chi connectivity index (χ1v) is 3.96. The highest BCUT2D eigenvalue weighted by molar-refractivity contribution is 5.20. The summed E-state index contributed by atoms with van der Waals surface area (Å²) in [5, 5.41) is 0. The minimum Gasteiger partial charge on any atom is -0.0993 e. The van der Waals surface area contributed by atoms with E-state index in [-0.39, 0.29) is 0 Å². The monoisotopic (exact) mass is 136 g/mol. The molecule has 0 unspecified atom stereocenters. The van der Waals surface area contributed by atoms with Gasteiger partial charge in [0.2, 0.25) is 0 Å². The summed E-state index contributed by atoms with van der Waals surface area (Å²) in [6, 6.07) is 0. The molecule has 0 aliphatic heterocycles. The van der Waals surface area contributed by atoms with Crippen molar-refractivity contribution >= 4 is 0 Å². The zero-order chi connectivity index (χ0) is 7.72. The smallest absolute Gasteiger partial charge is 0.00266 e. The van der Waals surface area contributed by atoms with Crippen LogP contribution in [0, 0.1) is 11.8 Å². The van der Waals surface area contributed by atoms with Crippen molar-refractivity contribution in [3.05, 3.63) is 24.3 Å². The summed E-state index contributed by atoms with van der Waals surface area (Å²) in [6.45, 7) is 12.5. The van der Waals surface area contributed by atoms with E-state index in [2.05, 4.69) is 27.0 Å². The molecule has 0 atom stereocenters. The summed E-state index contributed by atoms with van der Waals surface area (Å²) in [7, 11) is 0. The fourth-order valence-corrected chi connectivity index (χ4v) is 1.61. The summed E-state index contributed by atoms with van der Waals surface area (Å²) < 4.78 is 0. The van der Waals surface area contributed by atoms with Gasteiger partial charge in [0.15, 0.2) is 0 Å². The molecule has 0 N–H and O–H groups in total. The molecule has 1 aliphatic carbocycles. The molecule has 1 rings (SSSR count). The lowest BCUT2D eigenvalue weighted by Crippen LogP contribution is -2.14. The Morgan fingerprint density at radius 1 is 1.10 bits per heavy atom. The predicted molar refractivity (Wildman–Crippen MR) is 45.8 cm³/mol. The molecule has 0 radical (unpaired) electrons. The van der Waals surface area contributed by atoms with Crippen molar-refractivity contribution in [2.45, 2.75) is 26.7 Å². The first-order valence-electron chi connectivity index (χ1n) is 3.96. The summed E-state index contributed by atoms with van der Waals surface area (Å²) in [6.07, 6.45) is 2.39. The maximum atomic E-state index is 4.04. The molecule has 0 saturated heterocycles. The largest absolute Gasteiger partial charge is 0.0993 e. The van der Waals surface area contributed by atoms with E-state index in [1.807, 2.05) is 0 Å². The van der Waals surface area contributed by atoms with Gasteiger partial charge in [-0.1, -0.05) is 38.2 Å². The molecule has 0 aromatic heterocycles. The number of hydrogen-bond donors (Lipinski definition) is 0. The topological polar surface area (TPSA) is 0 Å². The molecule has 0 aromatic rings. The van der Waals surface area contributed by atoms with E-state index in [9.17, 15) is 0 Å². The quantitative estimate of drug-likeness (QED) is 0.449. The van der Waals surface area contributed by atoms with Crippen LogP contribution in [0.4, 0.5) is 0 Å². The van der Waals surface area contributed by atoms with Gasteiger partial charge in [-0.15, -0.1) is 0 Å². The first-order chi connectivity index (χ1) is 4.61. The third-order valence-corrected chi connectivity index (χ3v) is 2.45. The molecule has 0 aromatic carbocycles. The molecule has 1 fully saturated rings. The SMILES string of the molecule is C=C1CC(C)CC(=C)C1C. The third kappa shape index (κ3) is 1.31. The zero-order valence-corrected chi connectivity index (χ0v) is 6.98. The zero-order valence-electron chi connectivity index (χ0n) is 6.98. The summed E-state index contributed by atoms with van der Waals surface area (Å²) in [5.41, 5.74) is 2.73. The van der Waals surface area contributed by atoms with Gasteiger partial charge >= 0.3 is 0 Å². The summed E-state index contributed by atoms with van der Waals surface area (Å²) in [5.74, 6) is 1.34. The molecule has 0 bridgehead atoms. The molecule has 1 aliphatic rings. The lowest BCUT2D eigenvalue weighted by molar-refractivity contribution is 0.476. The highest BCUT2D eigenvalue weighted by Crippen LogP contribution is 2.34. The van der Waals surface area contributed by atoms with E-state index in [4.69, 9.17) is 0 Å². The average Bonchev–Trinajstić information content (AvgIpc) is 1.82. The highest BCUT2D eigenvalue weighted by atomic mass is 14.3. The van der Waals surface area contributed by atoms with Gasteiger partial charge in [0, 0.05) is 0 Å². The molecule has 0 heteroatoms. The van der Waals surface area contributed by atoms with E-state index in [0.717, 1.165) is 5.92 Å². The molecule has 1 saturated carbocycles. The number of allylic oxidation sites excluding steroid dienone is 2. The maximum absolute atomic E-state index is 4.04. The van der Waals surface area contributed by atoms with Gasteiger partial charge in [-0.05, 0) is 24.7 Å². The van der Waals surface area contributed by atoms with E-state index in [0.29, 0.717) is 5.92 Å². The van der Waals surface area contributed by atoms with Gasteiger partial charge in [-0.25, -0.2) is 0 Å². The molecule has 0 nitrogen and oxygen atoms in total. The second-order valence-electron chi connectivity index (χ2n) is 3.55. The van der Waals surface area contributed by atoms with Crippen molar-refractivity contribution < 1.29 is 0 Å². The van der Waals surface area contributed by atoms with Crippen molar-refractivity contribution in [1.82, 2.24) is 0 Å². The van der Waals surface area contributed by atoms with E-state index >= 15 is 0 Å². The van der Waals surface area contributed by atoms with Crippen LogP contribution in [0.5, 0.6) is 0 Å². The Kier molecular flexibility index (Phi) is 1.98. The third-order valence-electron chi connectivity index (χ3n) is 2.45. The van der Waals surface area contributed by atoms with Gasteiger partial charge in [0.05, 0.1) is 0 Å². The van der Waals surface area contributed by atoms with Crippen LogP contribution in [0.25, 0.3) is 0 Å². The fourth-order valence-electron chi connectivity index (χ4n) is 1.61. The summed E-state index contributed by atoms with van der Waals surface area (Å²) in [4.78, 5) is 0. The molecular weight excluding hydrogens is 120 g/mol. The van der Waals surface area contributed by atoms with Crippen LogP contribution in [0.1, 0.15) is 26.7 Å². The Morgan fingerprint density at radius 3 is 1.90 bits per heavy atom. The van der Waals surface area contributed by atoms with Crippen LogP contribution in [-0.2, 0) is 0 Å². The molecule has 0 amide bonds. The van der Waals surface area contributed by atoms with Crippen LogP contribution in [0.15, 0.2) is 24.3 Å². The van der Waals surface area contributed by atoms with Crippen molar-refractivity contribution in [2.24, 2.45) is 11.8 Å². The lowest BCUT2D eigenvalue weighted by atomic mass is 9.78. The molecule has 0 heterocycles. The Labute approximate surface area is 63.6 Å². The Morgan fingerprint density at radius 2 is 1.50 bits per heavy atom. The van der Waals surface area contributed by atoms with Crippen molar-refractivity contribution in [3.8, 4) is 0 Å². The van der Waals surface area contributed by atoms with E-state index < -0.39 is 0 Å². The number of hydrogen-bond acceptors (Lipinski definition) is 0. The maximum Gasteiger partial charge on any atom is -0.00266 e. The van der Waals surface area contributed by atoms with Gasteiger partial charge in [-0.3, -0.25) is 0 Å². The Bertz CT molecular complexity index is 147. The Balaban J connectivity index is 2.66. The molecular formula is C10H16. The number of rotatable bonds is 0. The minimum atomic E-state index is 0.566. The predicted octanol–water partition coefficient (Wildman–Crippen LogP) is 3.16. The van der Waals surface area contributed by atoms with Gasteiger partial charge in [0.25, 0.3) is 0 Å². The van der Waals surface area contributed by atoms with E-state index in [1.165, 1.54) is 24.0 Å². The second-order valence-corrected chi connectivity index (χ2v) is 3.55. The summed E-state index contributed by atoms with van der Waals surface area (Å²) >= 11 is 0. The van der Waals surface area contributed by atoms with Crippen LogP contribution < -0.4 is 0 Å². The van der Waals surface area contributed by atoms with Gasteiger partial charge in [0.1, 0.15) is 0 Å². The van der Waals surface area contributed by atoms with Crippen LogP contribution in [0.2, 0.25) is 0 Å². The van der Waals surface area contributed by atoms with Crippen LogP contribution >= 0.6 is 0 Å². The highest BCUT2D eigenvalue weighted by Gasteiger charge is 2.20. The van der Waals surface area contributed by atoms with Gasteiger partial charge in [-0.2, -0.15) is 0 Å². The lowest BCUT2D eigenvalue weighted by Gasteiger charge is -2.28. The van der Waals surface area contributed by atoms with Crippen LogP contribution in [0.3, 0.4) is 0 Å². The van der Waals surface area contributed by atoms with Crippen molar-refractivity contribution in [1.29, 1.82) is 0 Å². The molecule has 0 spiro atoms. The standard InChI is InChI=1S/C10H16/c1-7-5-8(2)10(4)9(3)6-7/h7,10H,2-3,5-6H2,1,4H3. The van der Waals surface area contributed by atoms with E-state index in [1.54, 1.807) is 0 Å². The average molecular weight is 136 g/mol. The first kappa shape index (κ1) is 7.59. The van der Waals surface area contributed by atoms with Crippen LogP contribution in [-0.4, -0.2) is 0 Å². The Hall–Kier alpha value is -0.520. The van der Waals surface area contributed by atoms with Gasteiger partial charge < -0.3 is 0 Å². The molecule has 10 heavy (non-hydrogen) atoms. The normalized spacial score (nSPS) is 34.6. The fraction of sp³-hybridized carbons (Fsp3) is 0.600. The molecule has 56 valence electrons.